The molecule has 1 N–H and O–H groups in total. The highest BCUT2D eigenvalue weighted by Crippen LogP contribution is 2.36. The Hall–Kier alpha value is -2.60. The second-order valence-corrected chi connectivity index (χ2v) is 6.02. The molecule has 1 atom stereocenters. The van der Waals surface area contributed by atoms with Gasteiger partial charge in [0.1, 0.15) is 5.82 Å². The van der Waals surface area contributed by atoms with Gasteiger partial charge in [-0.1, -0.05) is 24.3 Å². The van der Waals surface area contributed by atoms with Crippen LogP contribution in [-0.2, 0) is 17.9 Å². The van der Waals surface area contributed by atoms with Crippen molar-refractivity contribution in [2.45, 2.75) is 19.0 Å². The molecule has 25 heavy (non-hydrogen) atoms. The first kappa shape index (κ1) is 17.2. The van der Waals surface area contributed by atoms with E-state index in [-0.39, 0.29) is 6.54 Å². The van der Waals surface area contributed by atoms with E-state index in [2.05, 4.69) is 0 Å². The summed E-state index contributed by atoms with van der Waals surface area (Å²) in [7, 11) is 2.96. The molecule has 0 amide bonds. The van der Waals surface area contributed by atoms with Crippen LogP contribution in [0, 0.1) is 5.82 Å². The lowest BCUT2D eigenvalue weighted by Crippen LogP contribution is -2.36. The molecule has 0 saturated heterocycles. The summed E-state index contributed by atoms with van der Waals surface area (Å²) in [4.78, 5) is 13.6. The van der Waals surface area contributed by atoms with Crippen molar-refractivity contribution >= 4 is 5.97 Å². The third-order valence-electron chi connectivity index (χ3n) is 4.54. The maximum absolute atomic E-state index is 14.4. The van der Waals surface area contributed by atoms with Gasteiger partial charge in [0.2, 0.25) is 0 Å². The zero-order valence-corrected chi connectivity index (χ0v) is 14.2. The average Bonchev–Trinajstić information content (AvgIpc) is 2.62. The topological polar surface area (TPSA) is 59.0 Å². The molecule has 1 heterocycles. The number of hydrogen-bond donors (Lipinski definition) is 1. The number of rotatable bonds is 5. The van der Waals surface area contributed by atoms with E-state index in [0.29, 0.717) is 30.2 Å². The van der Waals surface area contributed by atoms with Crippen molar-refractivity contribution < 1.29 is 23.8 Å². The molecule has 0 radical (unpaired) electrons. The summed E-state index contributed by atoms with van der Waals surface area (Å²) in [5, 5.41) is 9.56. The predicted molar refractivity (Wildman–Crippen MR) is 90.4 cm³/mol. The highest BCUT2D eigenvalue weighted by Gasteiger charge is 2.31. The maximum atomic E-state index is 14.4. The van der Waals surface area contributed by atoms with Crippen molar-refractivity contribution in [3.05, 3.63) is 58.9 Å². The van der Waals surface area contributed by atoms with Crippen LogP contribution < -0.4 is 9.47 Å². The van der Waals surface area contributed by atoms with E-state index in [4.69, 9.17) is 9.47 Å². The van der Waals surface area contributed by atoms with Crippen LogP contribution in [0.5, 0.6) is 11.5 Å². The van der Waals surface area contributed by atoms with Gasteiger partial charge in [-0.15, -0.1) is 0 Å². The van der Waals surface area contributed by atoms with E-state index in [1.165, 1.54) is 26.4 Å². The Morgan fingerprint density at radius 2 is 2.00 bits per heavy atom. The summed E-state index contributed by atoms with van der Waals surface area (Å²) in [6, 6.07) is 10.3. The fourth-order valence-corrected chi connectivity index (χ4v) is 3.35. The SMILES string of the molecule is COc1ccc(F)c(CN2Cc3ccccc3C(C(=O)O)C2)c1OC. The van der Waals surface area contributed by atoms with Gasteiger partial charge in [-0.05, 0) is 23.3 Å². The highest BCUT2D eigenvalue weighted by atomic mass is 19.1. The average molecular weight is 345 g/mol. The molecule has 6 heteroatoms. The number of halogens is 1. The second kappa shape index (κ2) is 7.11. The zero-order chi connectivity index (χ0) is 18.0. The number of carboxylic acids is 1. The monoisotopic (exact) mass is 345 g/mol. The van der Waals surface area contributed by atoms with Gasteiger partial charge in [-0.2, -0.15) is 0 Å². The minimum absolute atomic E-state index is 0.240. The van der Waals surface area contributed by atoms with Crippen LogP contribution in [-0.4, -0.2) is 36.7 Å². The standard InChI is InChI=1S/C19H20FNO4/c1-24-17-8-7-16(20)15(18(17)25-2)11-21-9-12-5-3-4-6-13(12)14(10-21)19(22)23/h3-8,14H,9-11H2,1-2H3,(H,22,23). The summed E-state index contributed by atoms with van der Waals surface area (Å²) in [6.45, 7) is 1.11. The smallest absolute Gasteiger partial charge is 0.312 e. The molecule has 132 valence electrons. The number of benzene rings is 2. The van der Waals surface area contributed by atoms with Gasteiger partial charge in [0, 0.05) is 25.2 Å². The largest absolute Gasteiger partial charge is 0.493 e. The number of ether oxygens (including phenoxy) is 2. The fourth-order valence-electron chi connectivity index (χ4n) is 3.35. The highest BCUT2D eigenvalue weighted by molar-refractivity contribution is 5.77. The lowest BCUT2D eigenvalue weighted by Gasteiger charge is -2.33. The molecule has 2 aromatic rings. The molecular formula is C19H20FNO4. The quantitative estimate of drug-likeness (QED) is 0.903. The zero-order valence-electron chi connectivity index (χ0n) is 14.2. The maximum Gasteiger partial charge on any atom is 0.312 e. The molecule has 0 fully saturated rings. The Morgan fingerprint density at radius 1 is 1.24 bits per heavy atom. The van der Waals surface area contributed by atoms with E-state index in [9.17, 15) is 14.3 Å². The van der Waals surface area contributed by atoms with E-state index in [1.807, 2.05) is 29.2 Å². The Morgan fingerprint density at radius 3 is 2.68 bits per heavy atom. The summed E-state index contributed by atoms with van der Waals surface area (Å²) >= 11 is 0. The normalized spacial score (nSPS) is 17.0. The first-order chi connectivity index (χ1) is 12.0. The number of aliphatic carboxylic acids is 1. The van der Waals surface area contributed by atoms with E-state index in [0.717, 1.165) is 11.1 Å². The molecule has 1 aliphatic rings. The Balaban J connectivity index is 1.94. The summed E-state index contributed by atoms with van der Waals surface area (Å²) in [5.41, 5.74) is 2.14. The van der Waals surface area contributed by atoms with Crippen LogP contribution in [0.1, 0.15) is 22.6 Å². The number of carboxylic acid groups (broad SMARTS) is 1. The number of fused-ring (bicyclic) bond motifs is 1. The molecule has 1 unspecified atom stereocenters. The van der Waals surface area contributed by atoms with Gasteiger partial charge in [-0.3, -0.25) is 9.69 Å². The molecule has 3 rings (SSSR count). The van der Waals surface area contributed by atoms with Gasteiger partial charge in [0.05, 0.1) is 20.1 Å². The van der Waals surface area contributed by atoms with Crippen molar-refractivity contribution in [1.82, 2.24) is 4.90 Å². The van der Waals surface area contributed by atoms with Crippen molar-refractivity contribution in [3.63, 3.8) is 0 Å². The first-order valence-electron chi connectivity index (χ1n) is 7.97. The molecule has 5 nitrogen and oxygen atoms in total. The van der Waals surface area contributed by atoms with Crippen molar-refractivity contribution in [3.8, 4) is 11.5 Å². The van der Waals surface area contributed by atoms with Crippen molar-refractivity contribution in [1.29, 1.82) is 0 Å². The molecule has 1 aliphatic heterocycles. The van der Waals surface area contributed by atoms with Gasteiger partial charge >= 0.3 is 5.97 Å². The van der Waals surface area contributed by atoms with Crippen LogP contribution >= 0.6 is 0 Å². The molecule has 0 aliphatic carbocycles. The van der Waals surface area contributed by atoms with Crippen LogP contribution in [0.15, 0.2) is 36.4 Å². The van der Waals surface area contributed by atoms with Gasteiger partial charge in [0.25, 0.3) is 0 Å². The van der Waals surface area contributed by atoms with Crippen LogP contribution in [0.4, 0.5) is 4.39 Å². The molecule has 0 spiro atoms. The number of nitrogens with zero attached hydrogens (tertiary/aromatic N) is 1. The fraction of sp³-hybridized carbons (Fsp3) is 0.316. The summed E-state index contributed by atoms with van der Waals surface area (Å²) in [6.07, 6.45) is 0. The third-order valence-corrected chi connectivity index (χ3v) is 4.54. The molecule has 0 saturated carbocycles. The number of carbonyl (C=O) groups is 1. The summed E-state index contributed by atoms with van der Waals surface area (Å²) in [5.74, 6) is -1.12. The Labute approximate surface area is 145 Å². The Kier molecular flexibility index (Phi) is 4.90. The first-order valence-corrected chi connectivity index (χ1v) is 7.97. The number of hydrogen-bond acceptors (Lipinski definition) is 4. The second-order valence-electron chi connectivity index (χ2n) is 6.02. The van der Waals surface area contributed by atoms with E-state index >= 15 is 0 Å². The predicted octanol–water partition coefficient (Wildman–Crippen LogP) is 3.03. The lowest BCUT2D eigenvalue weighted by atomic mass is 9.89. The Bertz CT molecular complexity index is 793. The van der Waals surface area contributed by atoms with Crippen LogP contribution in [0.3, 0.4) is 0 Å². The third kappa shape index (κ3) is 3.30. The molecule has 0 aromatic heterocycles. The minimum Gasteiger partial charge on any atom is -0.493 e. The van der Waals surface area contributed by atoms with E-state index in [1.54, 1.807) is 0 Å². The summed E-state index contributed by atoms with van der Waals surface area (Å²) < 4.78 is 24.9. The van der Waals surface area contributed by atoms with Crippen LogP contribution in [0.25, 0.3) is 0 Å². The molecular weight excluding hydrogens is 325 g/mol. The van der Waals surface area contributed by atoms with Gasteiger partial charge in [0.15, 0.2) is 11.5 Å². The minimum atomic E-state index is -0.879. The van der Waals surface area contributed by atoms with E-state index < -0.39 is 17.7 Å². The van der Waals surface area contributed by atoms with Gasteiger partial charge < -0.3 is 14.6 Å². The molecule has 0 bridgehead atoms. The van der Waals surface area contributed by atoms with Gasteiger partial charge in [-0.25, -0.2) is 4.39 Å². The van der Waals surface area contributed by atoms with Crippen LogP contribution in [0.2, 0.25) is 0 Å². The number of methoxy groups -OCH3 is 2. The molecule has 2 aromatic carbocycles. The van der Waals surface area contributed by atoms with Crippen molar-refractivity contribution in [2.75, 3.05) is 20.8 Å². The lowest BCUT2D eigenvalue weighted by molar-refractivity contribution is -0.139. The van der Waals surface area contributed by atoms with Crippen molar-refractivity contribution in [2.24, 2.45) is 0 Å².